The Labute approximate surface area is 170 Å². The Morgan fingerprint density at radius 1 is 1.07 bits per heavy atom. The van der Waals surface area contributed by atoms with Gasteiger partial charge in [0.05, 0.1) is 5.39 Å². The molecule has 0 atom stereocenters. The van der Waals surface area contributed by atoms with E-state index in [0.717, 1.165) is 11.1 Å². The fraction of sp³-hybridized carbons (Fsp3) is 0.0952. The molecule has 7 nitrogen and oxygen atoms in total. The van der Waals surface area contributed by atoms with Crippen molar-refractivity contribution in [3.8, 4) is 22.8 Å². The van der Waals surface area contributed by atoms with E-state index in [-0.39, 0.29) is 12.7 Å². The molecular weight excluding hydrogens is 394 g/mol. The standard InChI is InChI=1S/C21H14ClN3O4/c1-11-17-19(25-20(26)13-4-7-15-16(8-13)28-10-27-15)23-9-24-21(17)29-18(11)12-2-5-14(22)6-3-12/h2-9H,10H2,1H3,(H,23,24,25,26). The number of nitrogens with zero attached hydrogens (tertiary/aromatic N) is 2. The molecule has 1 aliphatic heterocycles. The summed E-state index contributed by atoms with van der Waals surface area (Å²) in [4.78, 5) is 21.2. The predicted octanol–water partition coefficient (Wildman–Crippen LogP) is 4.83. The number of carbonyl (C=O) groups is 1. The molecule has 0 fully saturated rings. The summed E-state index contributed by atoms with van der Waals surface area (Å²) in [5.41, 5.74) is 2.50. The fourth-order valence-corrected chi connectivity index (χ4v) is 3.39. The van der Waals surface area contributed by atoms with Gasteiger partial charge in [0.25, 0.3) is 5.91 Å². The van der Waals surface area contributed by atoms with Crippen LogP contribution in [0.3, 0.4) is 0 Å². The molecule has 0 saturated heterocycles. The number of anilines is 1. The largest absolute Gasteiger partial charge is 0.454 e. The molecule has 1 aliphatic rings. The van der Waals surface area contributed by atoms with Crippen molar-refractivity contribution in [2.75, 3.05) is 12.1 Å². The summed E-state index contributed by atoms with van der Waals surface area (Å²) in [7, 11) is 0. The SMILES string of the molecule is Cc1c(-c2ccc(Cl)cc2)oc2ncnc(NC(=O)c3ccc4c(c3)OCO4)c12. The van der Waals surface area contributed by atoms with E-state index in [0.29, 0.717) is 44.8 Å². The summed E-state index contributed by atoms with van der Waals surface area (Å²) >= 11 is 5.98. The molecule has 29 heavy (non-hydrogen) atoms. The first-order chi connectivity index (χ1) is 14.1. The van der Waals surface area contributed by atoms with Crippen molar-refractivity contribution in [1.29, 1.82) is 0 Å². The summed E-state index contributed by atoms with van der Waals surface area (Å²) in [6.07, 6.45) is 1.35. The van der Waals surface area contributed by atoms with Crippen molar-refractivity contribution in [3.63, 3.8) is 0 Å². The van der Waals surface area contributed by atoms with Crippen LogP contribution in [0.4, 0.5) is 5.82 Å². The normalized spacial score (nSPS) is 12.3. The van der Waals surface area contributed by atoms with E-state index in [9.17, 15) is 4.79 Å². The third-order valence-electron chi connectivity index (χ3n) is 4.70. The smallest absolute Gasteiger partial charge is 0.256 e. The van der Waals surface area contributed by atoms with E-state index in [1.54, 1.807) is 30.3 Å². The van der Waals surface area contributed by atoms with Gasteiger partial charge in [-0.15, -0.1) is 0 Å². The molecule has 0 bridgehead atoms. The summed E-state index contributed by atoms with van der Waals surface area (Å²) in [6, 6.07) is 12.3. The first-order valence-electron chi connectivity index (χ1n) is 8.81. The highest BCUT2D eigenvalue weighted by Gasteiger charge is 2.21. The Kier molecular flexibility index (Phi) is 4.10. The maximum absolute atomic E-state index is 12.8. The molecule has 1 N–H and O–H groups in total. The number of benzene rings is 2. The molecule has 8 heteroatoms. The maximum atomic E-state index is 12.8. The van der Waals surface area contributed by atoms with Gasteiger partial charge in [-0.3, -0.25) is 4.79 Å². The second-order valence-corrected chi connectivity index (χ2v) is 6.92. The van der Waals surface area contributed by atoms with Gasteiger partial charge in [-0.1, -0.05) is 11.6 Å². The average Bonchev–Trinajstić information content (AvgIpc) is 3.33. The molecule has 3 heterocycles. The number of hydrogen-bond acceptors (Lipinski definition) is 6. The second-order valence-electron chi connectivity index (χ2n) is 6.49. The summed E-state index contributed by atoms with van der Waals surface area (Å²) < 4.78 is 16.6. The molecule has 2 aromatic carbocycles. The zero-order valence-corrected chi connectivity index (χ0v) is 16.0. The second kappa shape index (κ2) is 6.79. The lowest BCUT2D eigenvalue weighted by Gasteiger charge is -2.06. The quantitative estimate of drug-likeness (QED) is 0.523. The van der Waals surface area contributed by atoms with Crippen molar-refractivity contribution in [3.05, 3.63) is 64.9 Å². The summed E-state index contributed by atoms with van der Waals surface area (Å²) in [6.45, 7) is 2.05. The number of aryl methyl sites for hydroxylation is 1. The van der Waals surface area contributed by atoms with E-state index in [1.807, 2.05) is 19.1 Å². The Bertz CT molecular complexity index is 1250. The Morgan fingerprint density at radius 3 is 2.69 bits per heavy atom. The number of hydrogen-bond donors (Lipinski definition) is 1. The highest BCUT2D eigenvalue weighted by Crippen LogP contribution is 2.36. The number of nitrogens with one attached hydrogen (secondary N) is 1. The van der Waals surface area contributed by atoms with E-state index < -0.39 is 0 Å². The lowest BCUT2D eigenvalue weighted by atomic mass is 10.1. The lowest BCUT2D eigenvalue weighted by molar-refractivity contribution is 0.102. The molecule has 0 unspecified atom stereocenters. The number of amides is 1. The summed E-state index contributed by atoms with van der Waals surface area (Å²) in [5.74, 6) is 1.85. The highest BCUT2D eigenvalue weighted by molar-refractivity contribution is 6.30. The van der Waals surface area contributed by atoms with Crippen LogP contribution in [0.1, 0.15) is 15.9 Å². The van der Waals surface area contributed by atoms with Crippen molar-refractivity contribution < 1.29 is 18.7 Å². The van der Waals surface area contributed by atoms with Gasteiger partial charge in [0.15, 0.2) is 11.5 Å². The van der Waals surface area contributed by atoms with Crippen molar-refractivity contribution >= 4 is 34.4 Å². The van der Waals surface area contributed by atoms with Crippen LogP contribution in [0.5, 0.6) is 11.5 Å². The molecule has 0 saturated carbocycles. The lowest BCUT2D eigenvalue weighted by Crippen LogP contribution is -2.13. The Balaban J connectivity index is 1.52. The molecule has 2 aromatic heterocycles. The molecule has 5 rings (SSSR count). The monoisotopic (exact) mass is 407 g/mol. The van der Waals surface area contributed by atoms with Crippen molar-refractivity contribution in [1.82, 2.24) is 9.97 Å². The number of rotatable bonds is 3. The number of fused-ring (bicyclic) bond motifs is 2. The first kappa shape index (κ1) is 17.5. The average molecular weight is 408 g/mol. The molecule has 0 radical (unpaired) electrons. The van der Waals surface area contributed by atoms with E-state index in [2.05, 4.69) is 15.3 Å². The molecule has 0 spiro atoms. The van der Waals surface area contributed by atoms with Gasteiger partial charge in [0.1, 0.15) is 17.9 Å². The molecule has 144 valence electrons. The van der Waals surface area contributed by atoms with E-state index >= 15 is 0 Å². The van der Waals surface area contributed by atoms with Crippen LogP contribution in [0.2, 0.25) is 5.02 Å². The van der Waals surface area contributed by atoms with Gasteiger partial charge in [-0.25, -0.2) is 9.97 Å². The molecule has 0 aliphatic carbocycles. The van der Waals surface area contributed by atoms with Crippen molar-refractivity contribution in [2.24, 2.45) is 0 Å². The van der Waals surface area contributed by atoms with Gasteiger partial charge in [-0.05, 0) is 49.4 Å². The van der Waals surface area contributed by atoms with E-state index in [4.69, 9.17) is 25.5 Å². The first-order valence-corrected chi connectivity index (χ1v) is 9.19. The number of aromatic nitrogens is 2. The van der Waals surface area contributed by atoms with Gasteiger partial charge >= 0.3 is 0 Å². The minimum Gasteiger partial charge on any atom is -0.454 e. The number of furan rings is 1. The van der Waals surface area contributed by atoms with Crippen LogP contribution in [0.15, 0.2) is 53.2 Å². The Morgan fingerprint density at radius 2 is 1.86 bits per heavy atom. The highest BCUT2D eigenvalue weighted by atomic mass is 35.5. The van der Waals surface area contributed by atoms with Gasteiger partial charge < -0.3 is 19.2 Å². The van der Waals surface area contributed by atoms with Crippen LogP contribution in [-0.4, -0.2) is 22.7 Å². The number of ether oxygens (including phenoxy) is 2. The third-order valence-corrected chi connectivity index (χ3v) is 4.95. The zero-order valence-electron chi connectivity index (χ0n) is 15.2. The van der Waals surface area contributed by atoms with Crippen LogP contribution >= 0.6 is 11.6 Å². The minimum atomic E-state index is -0.322. The molecule has 1 amide bonds. The number of carbonyl (C=O) groups excluding carboxylic acids is 1. The van der Waals surface area contributed by atoms with Gasteiger partial charge in [0.2, 0.25) is 12.5 Å². The van der Waals surface area contributed by atoms with Crippen LogP contribution in [-0.2, 0) is 0 Å². The maximum Gasteiger partial charge on any atom is 0.256 e. The minimum absolute atomic E-state index is 0.147. The molecular formula is C21H14ClN3O4. The fourth-order valence-electron chi connectivity index (χ4n) is 3.26. The Hall–Kier alpha value is -3.58. The van der Waals surface area contributed by atoms with Crippen LogP contribution < -0.4 is 14.8 Å². The summed E-state index contributed by atoms with van der Waals surface area (Å²) in [5, 5.41) is 4.12. The van der Waals surface area contributed by atoms with Gasteiger partial charge in [0, 0.05) is 21.7 Å². The molecule has 4 aromatic rings. The van der Waals surface area contributed by atoms with E-state index in [1.165, 1.54) is 6.33 Å². The van der Waals surface area contributed by atoms with Crippen LogP contribution in [0, 0.1) is 6.92 Å². The van der Waals surface area contributed by atoms with Crippen LogP contribution in [0.25, 0.3) is 22.4 Å². The zero-order chi connectivity index (χ0) is 20.0. The van der Waals surface area contributed by atoms with Gasteiger partial charge in [-0.2, -0.15) is 0 Å². The topological polar surface area (TPSA) is 86.5 Å². The van der Waals surface area contributed by atoms with Crippen molar-refractivity contribution in [2.45, 2.75) is 6.92 Å². The third kappa shape index (κ3) is 3.05. The number of halogens is 1. The predicted molar refractivity (Wildman–Crippen MR) is 108 cm³/mol.